The minimum absolute atomic E-state index is 0.00494. The quantitative estimate of drug-likeness (QED) is 0.538. The maximum atomic E-state index is 12.0. The highest BCUT2D eigenvalue weighted by Crippen LogP contribution is 2.24. The lowest BCUT2D eigenvalue weighted by Crippen LogP contribution is -2.46. The van der Waals surface area contributed by atoms with Gasteiger partial charge in [-0.05, 0) is 42.2 Å². The van der Waals surface area contributed by atoms with E-state index in [1.165, 1.54) is 12.5 Å². The summed E-state index contributed by atoms with van der Waals surface area (Å²) in [5.41, 5.74) is 6.16. The van der Waals surface area contributed by atoms with Gasteiger partial charge in [0.25, 0.3) is 11.8 Å². The average molecular weight is 412 g/mol. The zero-order valence-corrected chi connectivity index (χ0v) is 17.7. The second-order valence-corrected chi connectivity index (χ2v) is 7.81. The summed E-state index contributed by atoms with van der Waals surface area (Å²) in [6, 6.07) is 16.1. The van der Waals surface area contributed by atoms with E-state index >= 15 is 0 Å². The molecule has 7 heteroatoms. The molecule has 2 amide bonds. The van der Waals surface area contributed by atoms with E-state index in [4.69, 9.17) is 9.47 Å². The van der Waals surface area contributed by atoms with E-state index in [1.54, 1.807) is 30.3 Å². The zero-order chi connectivity index (χ0) is 22.1. The summed E-state index contributed by atoms with van der Waals surface area (Å²) in [6.45, 7) is 7.94. The third-order valence-corrected chi connectivity index (χ3v) is 4.31. The molecular weight excluding hydrogens is 384 g/mol. The van der Waals surface area contributed by atoms with Crippen LogP contribution in [0.2, 0.25) is 0 Å². The second-order valence-electron chi connectivity index (χ2n) is 7.81. The van der Waals surface area contributed by atoms with Crippen LogP contribution in [0, 0.1) is 0 Å². The van der Waals surface area contributed by atoms with Gasteiger partial charge in [0.15, 0.2) is 6.10 Å². The molecule has 0 aliphatic carbocycles. The standard InChI is InChI=1S/C23H28N2O5/c1-16(21(27)24-25-22(28)17-8-6-5-7-9-17)30-20(26)14-15-29-19-12-10-18(11-13-19)23(2,3)4/h5-13,16H,14-15H2,1-4H3,(H,24,27)(H,25,28)/t16-/m1/s1. The topological polar surface area (TPSA) is 93.7 Å². The van der Waals surface area contributed by atoms with E-state index < -0.39 is 23.9 Å². The fraction of sp³-hybridized carbons (Fsp3) is 0.348. The van der Waals surface area contributed by atoms with E-state index in [2.05, 4.69) is 31.6 Å². The number of hydrogen-bond donors (Lipinski definition) is 2. The van der Waals surface area contributed by atoms with Crippen LogP contribution >= 0.6 is 0 Å². The number of carbonyl (C=O) groups excluding carboxylic acids is 3. The molecule has 0 heterocycles. The number of amides is 2. The smallest absolute Gasteiger partial charge is 0.310 e. The molecule has 0 unspecified atom stereocenters. The monoisotopic (exact) mass is 412 g/mol. The molecule has 30 heavy (non-hydrogen) atoms. The summed E-state index contributed by atoms with van der Waals surface area (Å²) in [5, 5.41) is 0. The summed E-state index contributed by atoms with van der Waals surface area (Å²) in [5.74, 6) is -1.01. The summed E-state index contributed by atoms with van der Waals surface area (Å²) >= 11 is 0. The van der Waals surface area contributed by atoms with E-state index in [0.717, 1.165) is 0 Å². The molecule has 160 valence electrons. The molecule has 0 bridgehead atoms. The number of nitrogens with one attached hydrogen (secondary N) is 2. The molecule has 0 spiro atoms. The molecule has 7 nitrogen and oxygen atoms in total. The first-order chi connectivity index (χ1) is 14.2. The van der Waals surface area contributed by atoms with Gasteiger partial charge in [0, 0.05) is 5.56 Å². The molecule has 0 aromatic heterocycles. The second kappa shape index (κ2) is 10.4. The molecule has 2 N–H and O–H groups in total. The van der Waals surface area contributed by atoms with Crippen LogP contribution in [0.25, 0.3) is 0 Å². The van der Waals surface area contributed by atoms with Crippen LogP contribution in [0.5, 0.6) is 5.75 Å². The van der Waals surface area contributed by atoms with Crippen LogP contribution in [0.15, 0.2) is 54.6 Å². The minimum atomic E-state index is -1.06. The van der Waals surface area contributed by atoms with Crippen LogP contribution < -0.4 is 15.6 Å². The molecule has 0 aliphatic heterocycles. The van der Waals surface area contributed by atoms with Crippen LogP contribution in [0.1, 0.15) is 50.0 Å². The van der Waals surface area contributed by atoms with Crippen LogP contribution in [-0.4, -0.2) is 30.5 Å². The Morgan fingerprint density at radius 3 is 2.17 bits per heavy atom. The van der Waals surface area contributed by atoms with Crippen molar-refractivity contribution in [2.45, 2.75) is 45.6 Å². The van der Waals surface area contributed by atoms with Crippen LogP contribution in [0.4, 0.5) is 0 Å². The molecule has 1 atom stereocenters. The van der Waals surface area contributed by atoms with Crippen LogP contribution in [-0.2, 0) is 19.7 Å². The van der Waals surface area contributed by atoms with E-state index in [9.17, 15) is 14.4 Å². The molecule has 0 aliphatic rings. The lowest BCUT2D eigenvalue weighted by molar-refractivity contribution is -0.155. The molecule has 0 fully saturated rings. The molecular formula is C23H28N2O5. The van der Waals surface area contributed by atoms with Crippen molar-refractivity contribution in [2.75, 3.05) is 6.61 Å². The predicted molar refractivity (Wildman–Crippen MR) is 113 cm³/mol. The fourth-order valence-electron chi connectivity index (χ4n) is 2.49. The minimum Gasteiger partial charge on any atom is -0.493 e. The molecule has 0 saturated carbocycles. The number of benzene rings is 2. The van der Waals surface area contributed by atoms with E-state index in [-0.39, 0.29) is 18.4 Å². The Morgan fingerprint density at radius 1 is 0.933 bits per heavy atom. The number of hydrogen-bond acceptors (Lipinski definition) is 5. The van der Waals surface area contributed by atoms with Gasteiger partial charge in [-0.25, -0.2) is 0 Å². The third-order valence-electron chi connectivity index (χ3n) is 4.31. The molecule has 0 radical (unpaired) electrons. The van der Waals surface area contributed by atoms with Crippen molar-refractivity contribution in [1.29, 1.82) is 0 Å². The highest BCUT2D eigenvalue weighted by atomic mass is 16.6. The first kappa shape index (κ1) is 22.9. The zero-order valence-electron chi connectivity index (χ0n) is 17.7. The Labute approximate surface area is 176 Å². The van der Waals surface area contributed by atoms with Gasteiger partial charge >= 0.3 is 5.97 Å². The van der Waals surface area contributed by atoms with Gasteiger partial charge in [-0.3, -0.25) is 25.2 Å². The third kappa shape index (κ3) is 7.24. The average Bonchev–Trinajstić information content (AvgIpc) is 2.72. The van der Waals surface area contributed by atoms with E-state index in [0.29, 0.717) is 11.3 Å². The largest absolute Gasteiger partial charge is 0.493 e. The number of esters is 1. The molecule has 0 saturated heterocycles. The first-order valence-corrected chi connectivity index (χ1v) is 9.75. The van der Waals surface area contributed by atoms with Crippen LogP contribution in [0.3, 0.4) is 0 Å². The number of rotatable bonds is 7. The van der Waals surface area contributed by atoms with Crippen molar-refractivity contribution in [3.8, 4) is 5.75 Å². The van der Waals surface area contributed by atoms with Crippen molar-refractivity contribution in [3.63, 3.8) is 0 Å². The normalized spacial score (nSPS) is 11.9. The summed E-state index contributed by atoms with van der Waals surface area (Å²) in [7, 11) is 0. The van der Waals surface area contributed by atoms with Gasteiger partial charge in [-0.15, -0.1) is 0 Å². The summed E-state index contributed by atoms with van der Waals surface area (Å²) in [6.07, 6.45) is -1.06. The highest BCUT2D eigenvalue weighted by molar-refractivity contribution is 5.95. The SMILES string of the molecule is C[C@@H](OC(=O)CCOc1ccc(C(C)(C)C)cc1)C(=O)NNC(=O)c1ccccc1. The highest BCUT2D eigenvalue weighted by Gasteiger charge is 2.19. The lowest BCUT2D eigenvalue weighted by Gasteiger charge is -2.19. The summed E-state index contributed by atoms with van der Waals surface area (Å²) in [4.78, 5) is 35.8. The summed E-state index contributed by atoms with van der Waals surface area (Å²) < 4.78 is 10.6. The Balaban J connectivity index is 1.69. The van der Waals surface area contributed by atoms with Crippen molar-refractivity contribution in [3.05, 3.63) is 65.7 Å². The Morgan fingerprint density at radius 2 is 1.57 bits per heavy atom. The fourth-order valence-corrected chi connectivity index (χ4v) is 2.49. The van der Waals surface area contributed by atoms with Gasteiger partial charge < -0.3 is 9.47 Å². The number of carbonyl (C=O) groups is 3. The molecule has 2 aromatic rings. The van der Waals surface area contributed by atoms with Gasteiger partial charge in [0.2, 0.25) is 0 Å². The number of hydrazine groups is 1. The van der Waals surface area contributed by atoms with E-state index in [1.807, 2.05) is 24.3 Å². The first-order valence-electron chi connectivity index (χ1n) is 9.75. The maximum Gasteiger partial charge on any atom is 0.310 e. The molecule has 2 aromatic carbocycles. The molecule has 2 rings (SSSR count). The number of ether oxygens (including phenoxy) is 2. The van der Waals surface area contributed by atoms with Crippen molar-refractivity contribution < 1.29 is 23.9 Å². The predicted octanol–water partition coefficient (Wildman–Crippen LogP) is 3.15. The Bertz CT molecular complexity index is 857. The van der Waals surface area contributed by atoms with Crippen molar-refractivity contribution >= 4 is 17.8 Å². The van der Waals surface area contributed by atoms with Crippen molar-refractivity contribution in [2.24, 2.45) is 0 Å². The Kier molecular flexibility index (Phi) is 7.98. The van der Waals surface area contributed by atoms with Gasteiger partial charge in [0.05, 0.1) is 13.0 Å². The maximum absolute atomic E-state index is 12.0. The van der Waals surface area contributed by atoms with Crippen molar-refractivity contribution in [1.82, 2.24) is 10.9 Å². The Hall–Kier alpha value is -3.35. The lowest BCUT2D eigenvalue weighted by atomic mass is 9.87. The van der Waals surface area contributed by atoms with Gasteiger partial charge in [-0.2, -0.15) is 0 Å². The van der Waals surface area contributed by atoms with Gasteiger partial charge in [0.1, 0.15) is 5.75 Å². The van der Waals surface area contributed by atoms with Gasteiger partial charge in [-0.1, -0.05) is 51.1 Å².